The Kier molecular flexibility index (Phi) is 6.48. The number of rotatable bonds is 2. The largest absolute Gasteiger partial charge is 0.459 e. The third kappa shape index (κ3) is 3.86. The molecule has 0 saturated carbocycles. The van der Waals surface area contributed by atoms with E-state index in [-0.39, 0.29) is 19.1 Å². The van der Waals surface area contributed by atoms with E-state index in [1.54, 1.807) is 0 Å². The highest BCUT2D eigenvalue weighted by molar-refractivity contribution is 5.90. The molecule has 0 amide bonds. The van der Waals surface area contributed by atoms with E-state index in [2.05, 4.69) is 0 Å². The molecule has 0 spiro atoms. The predicted molar refractivity (Wildman–Crippen MR) is 105 cm³/mol. The molecule has 2 fully saturated rings. The first-order valence-electron chi connectivity index (χ1n) is 10.6. The van der Waals surface area contributed by atoms with Crippen molar-refractivity contribution in [2.24, 2.45) is 5.92 Å². The SMILES string of the molecule is CC[C@@]1(O)C(=O)OCC2=CCN3CC[C@@H](OC(=O)[C@@](O)(C(C)C)[C@@H](O)C(=O)O[C@@H]1C)[C@@H]23. The molecule has 0 radical (unpaired) electrons. The van der Waals surface area contributed by atoms with Crippen molar-refractivity contribution in [2.75, 3.05) is 19.7 Å². The molecule has 0 unspecified atom stereocenters. The highest BCUT2D eigenvalue weighted by atomic mass is 16.6. The monoisotopic (exact) mass is 441 g/mol. The van der Waals surface area contributed by atoms with Crippen LogP contribution in [0, 0.1) is 5.92 Å². The third-order valence-electron chi connectivity index (χ3n) is 6.75. The zero-order valence-corrected chi connectivity index (χ0v) is 18.2. The number of hydrogen-bond acceptors (Lipinski definition) is 10. The lowest BCUT2D eigenvalue weighted by Crippen LogP contribution is -2.60. The summed E-state index contributed by atoms with van der Waals surface area (Å²) in [6.45, 7) is 6.82. The van der Waals surface area contributed by atoms with Gasteiger partial charge in [-0.3, -0.25) is 4.90 Å². The fourth-order valence-electron chi connectivity index (χ4n) is 4.41. The number of aliphatic hydroxyl groups excluding tert-OH is 1. The Morgan fingerprint density at radius 3 is 2.48 bits per heavy atom. The van der Waals surface area contributed by atoms with Crippen molar-refractivity contribution in [2.45, 2.75) is 76.1 Å². The summed E-state index contributed by atoms with van der Waals surface area (Å²) in [5, 5.41) is 32.5. The standard InChI is InChI=1S/C21H31NO9/c1-5-20(27)12(4)30-17(24)16(23)21(28,11(2)3)19(26)31-14-7-9-22-8-6-13(15(14)22)10-29-18(20)25/h6,11-12,14-16,23,27-28H,5,7-10H2,1-4H3/t12-,14-,15-,16+,20+,21-/m1/s1. The van der Waals surface area contributed by atoms with Gasteiger partial charge in [-0.25, -0.2) is 14.4 Å². The number of esters is 3. The maximum Gasteiger partial charge on any atom is 0.342 e. The quantitative estimate of drug-likeness (QED) is 0.286. The van der Waals surface area contributed by atoms with Crippen molar-refractivity contribution in [3.8, 4) is 0 Å². The van der Waals surface area contributed by atoms with Crippen molar-refractivity contribution < 1.29 is 43.9 Å². The minimum atomic E-state index is -2.57. The molecule has 0 aromatic rings. The van der Waals surface area contributed by atoms with Gasteiger partial charge in [0.25, 0.3) is 0 Å². The highest BCUT2D eigenvalue weighted by Gasteiger charge is 2.55. The number of ether oxygens (including phenoxy) is 3. The van der Waals surface area contributed by atoms with Crippen LogP contribution in [-0.4, -0.2) is 93.4 Å². The van der Waals surface area contributed by atoms with Crippen LogP contribution in [0.15, 0.2) is 11.6 Å². The van der Waals surface area contributed by atoms with Gasteiger partial charge in [-0.1, -0.05) is 26.8 Å². The van der Waals surface area contributed by atoms with E-state index in [4.69, 9.17) is 14.2 Å². The Morgan fingerprint density at radius 2 is 1.87 bits per heavy atom. The number of aliphatic hydroxyl groups is 3. The minimum Gasteiger partial charge on any atom is -0.459 e. The second-order valence-electron chi connectivity index (χ2n) is 8.77. The number of hydrogen-bond donors (Lipinski definition) is 3. The van der Waals surface area contributed by atoms with Crippen LogP contribution in [-0.2, 0) is 28.6 Å². The van der Waals surface area contributed by atoms with Gasteiger partial charge in [0, 0.05) is 13.1 Å². The Hall–Kier alpha value is -2.01. The summed E-state index contributed by atoms with van der Waals surface area (Å²) in [6.07, 6.45) is -2.10. The first kappa shape index (κ1) is 23.6. The summed E-state index contributed by atoms with van der Waals surface area (Å²) in [5.74, 6) is -4.34. The molecule has 3 rings (SSSR count). The Labute approximate surface area is 180 Å². The van der Waals surface area contributed by atoms with E-state index in [9.17, 15) is 29.7 Å². The van der Waals surface area contributed by atoms with Gasteiger partial charge in [0.2, 0.25) is 5.60 Å². The van der Waals surface area contributed by atoms with Crippen LogP contribution < -0.4 is 0 Å². The molecule has 0 aromatic heterocycles. The molecule has 0 bridgehead atoms. The van der Waals surface area contributed by atoms with Crippen molar-refractivity contribution in [3.63, 3.8) is 0 Å². The average molecular weight is 441 g/mol. The topological polar surface area (TPSA) is 143 Å². The molecule has 3 N–H and O–H groups in total. The lowest BCUT2D eigenvalue weighted by Gasteiger charge is -2.37. The van der Waals surface area contributed by atoms with Crippen molar-refractivity contribution >= 4 is 17.9 Å². The second-order valence-corrected chi connectivity index (χ2v) is 8.77. The first-order valence-corrected chi connectivity index (χ1v) is 10.6. The zero-order valence-electron chi connectivity index (χ0n) is 18.2. The van der Waals surface area contributed by atoms with Crippen molar-refractivity contribution in [1.82, 2.24) is 4.90 Å². The highest BCUT2D eigenvalue weighted by Crippen LogP contribution is 2.35. The van der Waals surface area contributed by atoms with E-state index in [1.807, 2.05) is 11.0 Å². The van der Waals surface area contributed by atoms with Gasteiger partial charge < -0.3 is 29.5 Å². The molecule has 31 heavy (non-hydrogen) atoms. The first-order chi connectivity index (χ1) is 14.5. The fourth-order valence-corrected chi connectivity index (χ4v) is 4.41. The Bertz CT molecular complexity index is 781. The molecule has 10 nitrogen and oxygen atoms in total. The summed E-state index contributed by atoms with van der Waals surface area (Å²) in [5.41, 5.74) is -4.01. The summed E-state index contributed by atoms with van der Waals surface area (Å²) in [4.78, 5) is 40.3. The molecule has 174 valence electrons. The normalized spacial score (nSPS) is 40.0. The Morgan fingerprint density at radius 1 is 1.19 bits per heavy atom. The summed E-state index contributed by atoms with van der Waals surface area (Å²) in [6, 6.07) is -0.354. The van der Waals surface area contributed by atoms with E-state index in [0.29, 0.717) is 19.5 Å². The van der Waals surface area contributed by atoms with Crippen molar-refractivity contribution in [1.29, 1.82) is 0 Å². The summed E-state index contributed by atoms with van der Waals surface area (Å²) >= 11 is 0. The predicted octanol–water partition coefficient (Wildman–Crippen LogP) is -0.710. The fraction of sp³-hybridized carbons (Fsp3) is 0.762. The molecule has 3 aliphatic rings. The molecule has 10 heteroatoms. The molecule has 0 aromatic carbocycles. The average Bonchev–Trinajstić information content (AvgIpc) is 3.32. The van der Waals surface area contributed by atoms with E-state index in [1.165, 1.54) is 27.7 Å². The number of nitrogens with zero attached hydrogens (tertiary/aromatic N) is 1. The minimum absolute atomic E-state index is 0.117. The summed E-state index contributed by atoms with van der Waals surface area (Å²) < 4.78 is 16.0. The molecular formula is C21H31NO9. The van der Waals surface area contributed by atoms with Crippen LogP contribution in [0.4, 0.5) is 0 Å². The third-order valence-corrected chi connectivity index (χ3v) is 6.75. The van der Waals surface area contributed by atoms with Crippen LogP contribution in [0.5, 0.6) is 0 Å². The van der Waals surface area contributed by atoms with Gasteiger partial charge >= 0.3 is 17.9 Å². The van der Waals surface area contributed by atoms with Gasteiger partial charge in [-0.05, 0) is 31.3 Å². The second kappa shape index (κ2) is 8.50. The van der Waals surface area contributed by atoms with Crippen molar-refractivity contribution in [3.05, 3.63) is 11.6 Å². The smallest absolute Gasteiger partial charge is 0.342 e. The maximum atomic E-state index is 13.0. The number of carbonyl (C=O) groups is 3. The summed E-state index contributed by atoms with van der Waals surface area (Å²) in [7, 11) is 0. The molecule has 2 saturated heterocycles. The van der Waals surface area contributed by atoms with Crippen LogP contribution >= 0.6 is 0 Å². The van der Waals surface area contributed by atoms with Gasteiger partial charge in [0.05, 0.1) is 6.04 Å². The van der Waals surface area contributed by atoms with Crippen LogP contribution in [0.3, 0.4) is 0 Å². The molecule has 3 aliphatic heterocycles. The Balaban J connectivity index is 2.01. The molecule has 3 heterocycles. The van der Waals surface area contributed by atoms with E-state index < -0.39 is 53.3 Å². The lowest BCUT2D eigenvalue weighted by atomic mass is 9.84. The van der Waals surface area contributed by atoms with Crippen LogP contribution in [0.25, 0.3) is 0 Å². The van der Waals surface area contributed by atoms with Crippen LogP contribution in [0.2, 0.25) is 0 Å². The zero-order chi connectivity index (χ0) is 23.1. The van der Waals surface area contributed by atoms with Gasteiger partial charge in [0.1, 0.15) is 18.8 Å². The molecule has 6 atom stereocenters. The van der Waals surface area contributed by atoms with Gasteiger partial charge in [-0.15, -0.1) is 0 Å². The maximum absolute atomic E-state index is 13.0. The number of carbonyl (C=O) groups excluding carboxylic acids is 3. The van der Waals surface area contributed by atoms with E-state index in [0.717, 1.165) is 5.57 Å². The lowest BCUT2D eigenvalue weighted by molar-refractivity contribution is -0.211. The molecular weight excluding hydrogens is 410 g/mol. The number of cyclic esters (lactones) is 2. The molecule has 0 aliphatic carbocycles. The van der Waals surface area contributed by atoms with Gasteiger partial charge in [-0.2, -0.15) is 0 Å². The van der Waals surface area contributed by atoms with Crippen LogP contribution in [0.1, 0.15) is 40.5 Å². The van der Waals surface area contributed by atoms with E-state index >= 15 is 0 Å². The van der Waals surface area contributed by atoms with Gasteiger partial charge in [0.15, 0.2) is 11.7 Å².